The Bertz CT molecular complexity index is 587. The number of halogens is 1. The number of nitrogens with zero attached hydrogens (tertiary/aromatic N) is 2. The highest BCUT2D eigenvalue weighted by atomic mass is 35.5. The van der Waals surface area contributed by atoms with Crippen LogP contribution in [0.2, 0.25) is 5.15 Å². The average Bonchev–Trinajstić information content (AvgIpc) is 2.89. The SMILES string of the molecule is Cc1sc2nc(NC3CCCC3)nc(Cl)c2c1C. The minimum absolute atomic E-state index is 0.515. The van der Waals surface area contributed by atoms with E-state index in [2.05, 4.69) is 29.1 Å². The zero-order chi connectivity index (χ0) is 12.7. The lowest BCUT2D eigenvalue weighted by molar-refractivity contribution is 0.745. The van der Waals surface area contributed by atoms with Crippen molar-refractivity contribution in [1.29, 1.82) is 0 Å². The summed E-state index contributed by atoms with van der Waals surface area (Å²) in [6, 6.07) is 0.515. The molecule has 1 aliphatic carbocycles. The molecule has 0 saturated heterocycles. The first kappa shape index (κ1) is 12.2. The molecule has 1 aliphatic rings. The van der Waals surface area contributed by atoms with Gasteiger partial charge in [0, 0.05) is 10.9 Å². The van der Waals surface area contributed by atoms with Crippen molar-refractivity contribution in [3.05, 3.63) is 15.6 Å². The number of hydrogen-bond donors (Lipinski definition) is 1. The van der Waals surface area contributed by atoms with E-state index in [9.17, 15) is 0 Å². The van der Waals surface area contributed by atoms with Gasteiger partial charge in [0.05, 0.1) is 5.39 Å². The third-order valence-corrected chi connectivity index (χ3v) is 5.05. The van der Waals surface area contributed by atoms with E-state index in [-0.39, 0.29) is 0 Å². The Labute approximate surface area is 116 Å². The van der Waals surface area contributed by atoms with Gasteiger partial charge in [-0.05, 0) is 32.3 Å². The fourth-order valence-corrected chi connectivity index (χ4v) is 3.91. The molecule has 0 spiro atoms. The third kappa shape index (κ3) is 2.08. The largest absolute Gasteiger partial charge is 0.351 e. The minimum atomic E-state index is 0.515. The lowest BCUT2D eigenvalue weighted by Gasteiger charge is -2.11. The van der Waals surface area contributed by atoms with Crippen LogP contribution in [0.25, 0.3) is 10.2 Å². The molecular formula is C13H16ClN3S. The van der Waals surface area contributed by atoms with Crippen LogP contribution in [0.5, 0.6) is 0 Å². The van der Waals surface area contributed by atoms with E-state index in [1.165, 1.54) is 36.1 Å². The van der Waals surface area contributed by atoms with E-state index in [1.54, 1.807) is 11.3 Å². The van der Waals surface area contributed by atoms with Gasteiger partial charge in [-0.3, -0.25) is 0 Å². The van der Waals surface area contributed by atoms with Crippen LogP contribution in [0.3, 0.4) is 0 Å². The zero-order valence-electron chi connectivity index (χ0n) is 10.6. The van der Waals surface area contributed by atoms with Gasteiger partial charge in [-0.1, -0.05) is 24.4 Å². The van der Waals surface area contributed by atoms with E-state index >= 15 is 0 Å². The van der Waals surface area contributed by atoms with E-state index in [1.807, 2.05) is 0 Å². The third-order valence-electron chi connectivity index (χ3n) is 3.67. The van der Waals surface area contributed by atoms with Crippen LogP contribution in [0.1, 0.15) is 36.1 Å². The summed E-state index contributed by atoms with van der Waals surface area (Å²) in [5, 5.41) is 4.98. The molecule has 0 amide bonds. The highest BCUT2D eigenvalue weighted by molar-refractivity contribution is 7.18. The molecule has 1 saturated carbocycles. The van der Waals surface area contributed by atoms with Crippen molar-refractivity contribution >= 4 is 39.1 Å². The Morgan fingerprint density at radius 2 is 1.94 bits per heavy atom. The highest BCUT2D eigenvalue weighted by Crippen LogP contribution is 2.34. The van der Waals surface area contributed by atoms with Crippen molar-refractivity contribution in [2.45, 2.75) is 45.6 Å². The Morgan fingerprint density at radius 3 is 2.67 bits per heavy atom. The van der Waals surface area contributed by atoms with Gasteiger partial charge in [0.2, 0.25) is 5.95 Å². The summed E-state index contributed by atoms with van der Waals surface area (Å²) < 4.78 is 0. The standard InChI is InChI=1S/C13H16ClN3S/c1-7-8(2)18-12-10(7)11(14)16-13(17-12)15-9-5-3-4-6-9/h9H,3-6H2,1-2H3,(H,15,16,17). The molecule has 2 aromatic heterocycles. The quantitative estimate of drug-likeness (QED) is 0.833. The number of aryl methyl sites for hydroxylation is 2. The number of anilines is 1. The maximum absolute atomic E-state index is 6.28. The number of hydrogen-bond acceptors (Lipinski definition) is 4. The Kier molecular flexibility index (Phi) is 3.16. The molecule has 2 heterocycles. The van der Waals surface area contributed by atoms with Gasteiger partial charge in [0.25, 0.3) is 0 Å². The van der Waals surface area contributed by atoms with Crippen LogP contribution >= 0.6 is 22.9 Å². The van der Waals surface area contributed by atoms with Crippen LogP contribution in [0, 0.1) is 13.8 Å². The summed E-state index contributed by atoms with van der Waals surface area (Å²) in [6.07, 6.45) is 5.01. The number of aromatic nitrogens is 2. The van der Waals surface area contributed by atoms with Crippen LogP contribution in [-0.2, 0) is 0 Å². The fraction of sp³-hybridized carbons (Fsp3) is 0.538. The van der Waals surface area contributed by atoms with E-state index in [4.69, 9.17) is 11.6 Å². The molecule has 18 heavy (non-hydrogen) atoms. The van der Waals surface area contributed by atoms with E-state index in [0.717, 1.165) is 10.2 Å². The maximum Gasteiger partial charge on any atom is 0.225 e. The van der Waals surface area contributed by atoms with E-state index < -0.39 is 0 Å². The highest BCUT2D eigenvalue weighted by Gasteiger charge is 2.18. The second-order valence-electron chi connectivity index (χ2n) is 4.93. The fourth-order valence-electron chi connectivity index (χ4n) is 2.52. The Hall–Kier alpha value is -0.870. The molecule has 2 aromatic rings. The smallest absolute Gasteiger partial charge is 0.225 e. The lowest BCUT2D eigenvalue weighted by atomic mass is 10.2. The topological polar surface area (TPSA) is 37.8 Å². The maximum atomic E-state index is 6.28. The van der Waals surface area contributed by atoms with Crippen molar-refractivity contribution in [2.75, 3.05) is 5.32 Å². The summed E-state index contributed by atoms with van der Waals surface area (Å²) >= 11 is 7.97. The van der Waals surface area contributed by atoms with Crippen LogP contribution in [0.4, 0.5) is 5.95 Å². The molecular weight excluding hydrogens is 266 g/mol. The zero-order valence-corrected chi connectivity index (χ0v) is 12.2. The molecule has 3 nitrogen and oxygen atoms in total. The normalized spacial score (nSPS) is 16.6. The molecule has 0 bridgehead atoms. The van der Waals surface area contributed by atoms with Crippen molar-refractivity contribution in [3.63, 3.8) is 0 Å². The predicted octanol–water partition coefficient (Wildman–Crippen LogP) is 4.32. The summed E-state index contributed by atoms with van der Waals surface area (Å²) in [5.41, 5.74) is 1.20. The van der Waals surface area contributed by atoms with Crippen LogP contribution in [-0.4, -0.2) is 16.0 Å². The van der Waals surface area contributed by atoms with Crippen molar-refractivity contribution in [1.82, 2.24) is 9.97 Å². The van der Waals surface area contributed by atoms with Crippen LogP contribution < -0.4 is 5.32 Å². The first-order chi connectivity index (χ1) is 8.65. The number of thiophene rings is 1. The average molecular weight is 282 g/mol. The molecule has 5 heteroatoms. The second kappa shape index (κ2) is 4.67. The van der Waals surface area contributed by atoms with Gasteiger partial charge in [-0.25, -0.2) is 9.97 Å². The van der Waals surface area contributed by atoms with Crippen LogP contribution in [0.15, 0.2) is 0 Å². The molecule has 3 rings (SSSR count). The molecule has 96 valence electrons. The molecule has 0 radical (unpaired) electrons. The molecule has 0 unspecified atom stereocenters. The summed E-state index contributed by atoms with van der Waals surface area (Å²) in [4.78, 5) is 11.2. The number of nitrogens with one attached hydrogen (secondary N) is 1. The number of rotatable bonds is 2. The van der Waals surface area contributed by atoms with Crippen molar-refractivity contribution in [3.8, 4) is 0 Å². The lowest BCUT2D eigenvalue weighted by Crippen LogP contribution is -2.16. The Morgan fingerprint density at radius 1 is 1.22 bits per heavy atom. The second-order valence-corrected chi connectivity index (χ2v) is 6.49. The number of fused-ring (bicyclic) bond motifs is 1. The van der Waals surface area contributed by atoms with Gasteiger partial charge in [0.15, 0.2) is 0 Å². The van der Waals surface area contributed by atoms with Gasteiger partial charge in [-0.15, -0.1) is 11.3 Å². The predicted molar refractivity (Wildman–Crippen MR) is 77.8 cm³/mol. The van der Waals surface area contributed by atoms with Crippen molar-refractivity contribution < 1.29 is 0 Å². The van der Waals surface area contributed by atoms with Gasteiger partial charge in [-0.2, -0.15) is 0 Å². The molecule has 0 aromatic carbocycles. The minimum Gasteiger partial charge on any atom is -0.351 e. The monoisotopic (exact) mass is 281 g/mol. The van der Waals surface area contributed by atoms with E-state index in [0.29, 0.717) is 17.1 Å². The summed E-state index contributed by atoms with van der Waals surface area (Å²) in [6.45, 7) is 4.18. The van der Waals surface area contributed by atoms with Gasteiger partial charge < -0.3 is 5.32 Å². The first-order valence-electron chi connectivity index (χ1n) is 6.35. The molecule has 0 aliphatic heterocycles. The first-order valence-corrected chi connectivity index (χ1v) is 7.54. The molecule has 1 fully saturated rings. The van der Waals surface area contributed by atoms with Crippen molar-refractivity contribution in [2.24, 2.45) is 0 Å². The molecule has 0 atom stereocenters. The molecule has 1 N–H and O–H groups in total. The van der Waals surface area contributed by atoms with Gasteiger partial charge in [0.1, 0.15) is 9.98 Å². The summed E-state index contributed by atoms with van der Waals surface area (Å²) in [7, 11) is 0. The van der Waals surface area contributed by atoms with Gasteiger partial charge >= 0.3 is 0 Å². The Balaban J connectivity index is 1.99. The summed E-state index contributed by atoms with van der Waals surface area (Å²) in [5.74, 6) is 0.681.